The van der Waals surface area contributed by atoms with E-state index in [1.54, 1.807) is 0 Å². The van der Waals surface area contributed by atoms with E-state index in [2.05, 4.69) is 39.8 Å². The van der Waals surface area contributed by atoms with Gasteiger partial charge in [0, 0.05) is 12.3 Å². The number of carbonyl (C=O) groups is 1. The Bertz CT molecular complexity index is 450. The Morgan fingerprint density at radius 1 is 1.16 bits per heavy atom. The van der Waals surface area contributed by atoms with Crippen molar-refractivity contribution in [3.05, 3.63) is 34.4 Å². The van der Waals surface area contributed by atoms with Gasteiger partial charge in [0.15, 0.2) is 0 Å². The summed E-state index contributed by atoms with van der Waals surface area (Å²) in [5.41, 5.74) is 5.10. The molecule has 1 aromatic carbocycles. The minimum Gasteiger partial charge on any atom is -0.299 e. The lowest BCUT2D eigenvalue weighted by molar-refractivity contribution is -0.122. The van der Waals surface area contributed by atoms with E-state index in [0.29, 0.717) is 18.1 Å². The molecule has 2 unspecified atom stereocenters. The van der Waals surface area contributed by atoms with Crippen molar-refractivity contribution >= 4 is 5.78 Å². The fourth-order valence-corrected chi connectivity index (χ4v) is 3.55. The normalized spacial score (nSPS) is 22.7. The minimum absolute atomic E-state index is 0.324. The Hall–Kier alpha value is -1.11. The second-order valence-electron chi connectivity index (χ2n) is 6.30. The predicted molar refractivity (Wildman–Crippen MR) is 80.5 cm³/mol. The topological polar surface area (TPSA) is 17.1 Å². The van der Waals surface area contributed by atoms with E-state index in [4.69, 9.17) is 0 Å². The SMILES string of the molecule is CCC1CCC(C(=O)Cc2c(C)cc(C)cc2C)C1. The highest BCUT2D eigenvalue weighted by molar-refractivity contribution is 5.84. The molecule has 1 fully saturated rings. The monoisotopic (exact) mass is 258 g/mol. The quantitative estimate of drug-likeness (QED) is 0.774. The maximum Gasteiger partial charge on any atom is 0.140 e. The maximum atomic E-state index is 12.5. The van der Waals surface area contributed by atoms with Crippen LogP contribution in [0.2, 0.25) is 0 Å². The molecule has 0 aliphatic heterocycles. The standard InChI is InChI=1S/C18H26O/c1-5-15-6-7-16(10-15)18(19)11-17-13(3)8-12(2)9-14(17)4/h8-9,15-16H,5-7,10-11H2,1-4H3. The lowest BCUT2D eigenvalue weighted by Gasteiger charge is -2.14. The largest absolute Gasteiger partial charge is 0.299 e. The molecule has 1 heteroatoms. The first kappa shape index (κ1) is 14.3. The fraction of sp³-hybridized carbons (Fsp3) is 0.611. The molecule has 0 aromatic heterocycles. The summed E-state index contributed by atoms with van der Waals surface area (Å²) in [5.74, 6) is 1.57. The van der Waals surface area contributed by atoms with Gasteiger partial charge < -0.3 is 0 Å². The third kappa shape index (κ3) is 3.26. The van der Waals surface area contributed by atoms with Crippen molar-refractivity contribution < 1.29 is 4.79 Å². The highest BCUT2D eigenvalue weighted by Gasteiger charge is 2.28. The van der Waals surface area contributed by atoms with E-state index in [-0.39, 0.29) is 0 Å². The average Bonchev–Trinajstić information content (AvgIpc) is 2.82. The molecule has 1 aliphatic rings. The van der Waals surface area contributed by atoms with E-state index in [1.165, 1.54) is 35.1 Å². The molecule has 0 N–H and O–H groups in total. The number of hydrogen-bond acceptors (Lipinski definition) is 1. The molecule has 19 heavy (non-hydrogen) atoms. The Kier molecular flexibility index (Phi) is 4.44. The van der Waals surface area contributed by atoms with E-state index in [9.17, 15) is 4.79 Å². The van der Waals surface area contributed by atoms with Crippen molar-refractivity contribution in [1.29, 1.82) is 0 Å². The van der Waals surface area contributed by atoms with Crippen molar-refractivity contribution in [2.24, 2.45) is 11.8 Å². The van der Waals surface area contributed by atoms with Gasteiger partial charge in [0.05, 0.1) is 0 Å². The van der Waals surface area contributed by atoms with Crippen molar-refractivity contribution in [1.82, 2.24) is 0 Å². The number of carbonyl (C=O) groups excluding carboxylic acids is 1. The summed E-state index contributed by atoms with van der Waals surface area (Å²) in [7, 11) is 0. The van der Waals surface area contributed by atoms with Gasteiger partial charge in [0.2, 0.25) is 0 Å². The smallest absolute Gasteiger partial charge is 0.140 e. The fourth-order valence-electron chi connectivity index (χ4n) is 3.55. The summed E-state index contributed by atoms with van der Waals surface area (Å²) < 4.78 is 0. The van der Waals surface area contributed by atoms with Crippen LogP contribution >= 0.6 is 0 Å². The van der Waals surface area contributed by atoms with Crippen molar-refractivity contribution in [3.8, 4) is 0 Å². The van der Waals surface area contributed by atoms with Gasteiger partial charge >= 0.3 is 0 Å². The number of benzene rings is 1. The average molecular weight is 258 g/mol. The molecule has 0 radical (unpaired) electrons. The molecule has 104 valence electrons. The molecule has 1 saturated carbocycles. The summed E-state index contributed by atoms with van der Waals surface area (Å²) in [4.78, 5) is 12.5. The third-order valence-electron chi connectivity index (χ3n) is 4.77. The van der Waals surface area contributed by atoms with Crippen LogP contribution in [-0.4, -0.2) is 5.78 Å². The first-order valence-electron chi connectivity index (χ1n) is 7.60. The van der Waals surface area contributed by atoms with Crippen LogP contribution in [0.3, 0.4) is 0 Å². The first-order valence-corrected chi connectivity index (χ1v) is 7.60. The molecule has 1 aliphatic carbocycles. The molecule has 2 rings (SSSR count). The molecule has 0 bridgehead atoms. The van der Waals surface area contributed by atoms with Crippen LogP contribution < -0.4 is 0 Å². The highest BCUT2D eigenvalue weighted by Crippen LogP contribution is 2.34. The zero-order valence-corrected chi connectivity index (χ0v) is 12.8. The number of rotatable bonds is 4. The summed E-state index contributed by atoms with van der Waals surface area (Å²) >= 11 is 0. The van der Waals surface area contributed by atoms with E-state index in [1.807, 2.05) is 0 Å². The Morgan fingerprint density at radius 2 is 1.79 bits per heavy atom. The number of hydrogen-bond donors (Lipinski definition) is 0. The molecule has 1 nitrogen and oxygen atoms in total. The molecular weight excluding hydrogens is 232 g/mol. The molecular formula is C18H26O. The number of aryl methyl sites for hydroxylation is 3. The van der Waals surface area contributed by atoms with Gasteiger partial charge in [0.25, 0.3) is 0 Å². The summed E-state index contributed by atoms with van der Waals surface area (Å²) in [6.07, 6.45) is 5.35. The molecule has 0 saturated heterocycles. The first-order chi connectivity index (χ1) is 9.01. The maximum absolute atomic E-state index is 12.5. The second-order valence-corrected chi connectivity index (χ2v) is 6.30. The zero-order valence-electron chi connectivity index (χ0n) is 12.8. The van der Waals surface area contributed by atoms with Gasteiger partial charge in [-0.3, -0.25) is 4.79 Å². The second kappa shape index (κ2) is 5.90. The van der Waals surface area contributed by atoms with Crippen LogP contribution in [0.5, 0.6) is 0 Å². The third-order valence-corrected chi connectivity index (χ3v) is 4.77. The van der Waals surface area contributed by atoms with E-state index in [0.717, 1.165) is 18.8 Å². The Balaban J connectivity index is 2.08. The van der Waals surface area contributed by atoms with Gasteiger partial charge in [-0.2, -0.15) is 0 Å². The van der Waals surface area contributed by atoms with Crippen LogP contribution in [0.15, 0.2) is 12.1 Å². The summed E-state index contributed by atoms with van der Waals surface area (Å²) in [6, 6.07) is 4.39. The van der Waals surface area contributed by atoms with Gasteiger partial charge in [-0.15, -0.1) is 0 Å². The minimum atomic E-state index is 0.324. The Labute approximate surface area is 117 Å². The van der Waals surface area contributed by atoms with Crippen molar-refractivity contribution in [3.63, 3.8) is 0 Å². The van der Waals surface area contributed by atoms with Crippen LogP contribution in [0.1, 0.15) is 54.9 Å². The van der Waals surface area contributed by atoms with Gasteiger partial charge in [-0.25, -0.2) is 0 Å². The number of Topliss-reactive ketones (excluding diaryl/α,β-unsaturated/α-hetero) is 1. The molecule has 1 aromatic rings. The van der Waals surface area contributed by atoms with Gasteiger partial charge in [-0.05, 0) is 62.6 Å². The lowest BCUT2D eigenvalue weighted by Crippen LogP contribution is -2.15. The van der Waals surface area contributed by atoms with Crippen molar-refractivity contribution in [2.45, 2.75) is 59.8 Å². The van der Waals surface area contributed by atoms with Gasteiger partial charge in [0.1, 0.15) is 5.78 Å². The zero-order chi connectivity index (χ0) is 14.0. The van der Waals surface area contributed by atoms with Crippen LogP contribution in [0.25, 0.3) is 0 Å². The van der Waals surface area contributed by atoms with E-state index < -0.39 is 0 Å². The van der Waals surface area contributed by atoms with Crippen LogP contribution in [0.4, 0.5) is 0 Å². The highest BCUT2D eigenvalue weighted by atomic mass is 16.1. The Morgan fingerprint density at radius 3 is 2.32 bits per heavy atom. The van der Waals surface area contributed by atoms with Crippen LogP contribution in [0, 0.1) is 32.6 Å². The molecule has 0 amide bonds. The van der Waals surface area contributed by atoms with Crippen molar-refractivity contribution in [2.75, 3.05) is 0 Å². The molecule has 0 heterocycles. The lowest BCUT2D eigenvalue weighted by atomic mass is 9.90. The van der Waals surface area contributed by atoms with Crippen LogP contribution in [-0.2, 0) is 11.2 Å². The summed E-state index contributed by atoms with van der Waals surface area (Å²) in [6.45, 7) is 8.62. The summed E-state index contributed by atoms with van der Waals surface area (Å²) in [5, 5.41) is 0. The van der Waals surface area contributed by atoms with E-state index >= 15 is 0 Å². The molecule has 0 spiro atoms. The predicted octanol–water partition coefficient (Wildman–Crippen LogP) is 4.55. The van der Waals surface area contributed by atoms with Gasteiger partial charge in [-0.1, -0.05) is 31.0 Å². The number of ketones is 1. The molecule has 2 atom stereocenters.